The van der Waals surface area contributed by atoms with Gasteiger partial charge in [0.2, 0.25) is 0 Å². The number of carbonyl (C=O) groups excluding carboxylic acids is 1. The molecule has 2 nitrogen and oxygen atoms in total. The Kier molecular flexibility index (Phi) is 3.13. The zero-order chi connectivity index (χ0) is 11.4. The van der Waals surface area contributed by atoms with Crippen molar-refractivity contribution in [1.82, 2.24) is 0 Å². The number of rotatable bonds is 3. The topological polar surface area (TPSA) is 40.9 Å². The summed E-state index contributed by atoms with van der Waals surface area (Å²) >= 11 is 1.46. The van der Waals surface area contributed by atoms with Crippen molar-refractivity contribution in [2.45, 2.75) is 5.92 Å². The standard InChI is InChI=1S/C13H9NOS/c14-8-12(10-4-2-1-3-5-10)13(15)11-6-7-16-9-11/h1-7,9,12H/t12-/m1/s1. The highest BCUT2D eigenvalue weighted by Crippen LogP contribution is 2.21. The third-order valence-corrected chi connectivity index (χ3v) is 3.01. The largest absolute Gasteiger partial charge is 0.292 e. The van der Waals surface area contributed by atoms with Gasteiger partial charge in [0, 0.05) is 10.9 Å². The number of ketones is 1. The van der Waals surface area contributed by atoms with Crippen LogP contribution in [0.3, 0.4) is 0 Å². The van der Waals surface area contributed by atoms with E-state index < -0.39 is 5.92 Å². The number of hydrogen-bond donors (Lipinski definition) is 0. The number of hydrogen-bond acceptors (Lipinski definition) is 3. The second kappa shape index (κ2) is 4.73. The summed E-state index contributed by atoms with van der Waals surface area (Å²) in [7, 11) is 0. The molecule has 1 atom stereocenters. The Labute approximate surface area is 97.8 Å². The van der Waals surface area contributed by atoms with Crippen LogP contribution >= 0.6 is 11.3 Å². The van der Waals surface area contributed by atoms with Crippen LogP contribution in [-0.4, -0.2) is 5.78 Å². The van der Waals surface area contributed by atoms with Crippen LogP contribution in [0.4, 0.5) is 0 Å². The lowest BCUT2D eigenvalue weighted by Crippen LogP contribution is -2.10. The summed E-state index contributed by atoms with van der Waals surface area (Å²) in [6.45, 7) is 0. The van der Waals surface area contributed by atoms with E-state index in [4.69, 9.17) is 5.26 Å². The second-order valence-corrected chi connectivity index (χ2v) is 4.13. The predicted octanol–water partition coefficient (Wildman–Crippen LogP) is 3.24. The lowest BCUT2D eigenvalue weighted by molar-refractivity contribution is 0.0979. The maximum Gasteiger partial charge on any atom is 0.185 e. The third-order valence-electron chi connectivity index (χ3n) is 2.33. The van der Waals surface area contributed by atoms with Crippen LogP contribution in [0.5, 0.6) is 0 Å². The zero-order valence-corrected chi connectivity index (χ0v) is 9.28. The fraction of sp³-hybridized carbons (Fsp3) is 0.0769. The fourth-order valence-corrected chi connectivity index (χ4v) is 2.15. The molecule has 0 saturated carbocycles. The van der Waals surface area contributed by atoms with Gasteiger partial charge in [-0.05, 0) is 17.0 Å². The summed E-state index contributed by atoms with van der Waals surface area (Å²) in [4.78, 5) is 12.0. The van der Waals surface area contributed by atoms with Crippen molar-refractivity contribution in [2.75, 3.05) is 0 Å². The van der Waals surface area contributed by atoms with Crippen molar-refractivity contribution >= 4 is 17.1 Å². The first-order valence-electron chi connectivity index (χ1n) is 4.84. The van der Waals surface area contributed by atoms with E-state index in [1.165, 1.54) is 11.3 Å². The second-order valence-electron chi connectivity index (χ2n) is 3.35. The molecule has 0 saturated heterocycles. The lowest BCUT2D eigenvalue weighted by atomic mass is 9.93. The minimum absolute atomic E-state index is 0.130. The molecule has 1 aromatic carbocycles. The first-order chi connectivity index (χ1) is 7.83. The van der Waals surface area contributed by atoms with Crippen molar-refractivity contribution in [2.24, 2.45) is 0 Å². The molecule has 0 N–H and O–H groups in total. The number of thiophene rings is 1. The summed E-state index contributed by atoms with van der Waals surface area (Å²) in [5, 5.41) is 12.7. The maximum absolute atomic E-state index is 12.0. The Hall–Kier alpha value is -1.92. The van der Waals surface area contributed by atoms with Crippen LogP contribution in [0.25, 0.3) is 0 Å². The third kappa shape index (κ3) is 2.02. The van der Waals surface area contributed by atoms with Crippen molar-refractivity contribution in [3.63, 3.8) is 0 Å². The van der Waals surface area contributed by atoms with E-state index in [0.717, 1.165) is 5.56 Å². The van der Waals surface area contributed by atoms with E-state index in [1.807, 2.05) is 23.6 Å². The molecule has 0 radical (unpaired) electrons. The molecular weight excluding hydrogens is 218 g/mol. The van der Waals surface area contributed by atoms with E-state index in [1.54, 1.807) is 23.6 Å². The van der Waals surface area contributed by atoms with E-state index >= 15 is 0 Å². The highest BCUT2D eigenvalue weighted by atomic mass is 32.1. The number of nitriles is 1. The van der Waals surface area contributed by atoms with E-state index in [0.29, 0.717) is 5.56 Å². The molecule has 0 fully saturated rings. The van der Waals surface area contributed by atoms with Gasteiger partial charge in [0.25, 0.3) is 0 Å². The van der Waals surface area contributed by atoms with Crippen LogP contribution in [0.2, 0.25) is 0 Å². The van der Waals surface area contributed by atoms with Gasteiger partial charge in [-0.25, -0.2) is 0 Å². The summed E-state index contributed by atoms with van der Waals surface area (Å²) in [5.41, 5.74) is 1.36. The SMILES string of the molecule is N#C[C@@H](C(=O)c1ccsc1)c1ccccc1. The van der Waals surface area contributed by atoms with Gasteiger partial charge < -0.3 is 0 Å². The molecule has 0 spiro atoms. The van der Waals surface area contributed by atoms with Gasteiger partial charge >= 0.3 is 0 Å². The number of nitrogens with zero attached hydrogens (tertiary/aromatic N) is 1. The van der Waals surface area contributed by atoms with Crippen LogP contribution < -0.4 is 0 Å². The molecule has 2 aromatic rings. The van der Waals surface area contributed by atoms with Gasteiger partial charge in [-0.1, -0.05) is 30.3 Å². The van der Waals surface area contributed by atoms with Crippen LogP contribution in [0, 0.1) is 11.3 Å². The predicted molar refractivity (Wildman–Crippen MR) is 63.4 cm³/mol. The Morgan fingerprint density at radius 1 is 1.25 bits per heavy atom. The van der Waals surface area contributed by atoms with Gasteiger partial charge in [-0.15, -0.1) is 0 Å². The quantitative estimate of drug-likeness (QED) is 0.755. The minimum Gasteiger partial charge on any atom is -0.292 e. The minimum atomic E-state index is -0.698. The highest BCUT2D eigenvalue weighted by Gasteiger charge is 2.21. The molecule has 0 aliphatic carbocycles. The number of Topliss-reactive ketones (excluding diaryl/α,β-unsaturated/α-hetero) is 1. The zero-order valence-electron chi connectivity index (χ0n) is 8.46. The lowest BCUT2D eigenvalue weighted by Gasteiger charge is -2.06. The summed E-state index contributed by atoms with van der Waals surface area (Å²) in [6.07, 6.45) is 0. The molecule has 2 rings (SSSR count). The first kappa shape index (κ1) is 10.6. The van der Waals surface area contributed by atoms with Crippen molar-refractivity contribution in [3.05, 3.63) is 58.3 Å². The van der Waals surface area contributed by atoms with Crippen molar-refractivity contribution < 1.29 is 4.79 Å². The van der Waals surface area contributed by atoms with E-state index in [9.17, 15) is 4.79 Å². The molecule has 0 unspecified atom stereocenters. The number of benzene rings is 1. The van der Waals surface area contributed by atoms with Gasteiger partial charge in [-0.2, -0.15) is 16.6 Å². The monoisotopic (exact) mass is 227 g/mol. The first-order valence-corrected chi connectivity index (χ1v) is 5.78. The summed E-state index contributed by atoms with van der Waals surface area (Å²) in [6, 6.07) is 13.0. The molecule has 16 heavy (non-hydrogen) atoms. The van der Waals surface area contributed by atoms with Crippen LogP contribution in [-0.2, 0) is 0 Å². The van der Waals surface area contributed by atoms with Crippen LogP contribution in [0.1, 0.15) is 21.8 Å². The molecular formula is C13H9NOS. The van der Waals surface area contributed by atoms with E-state index in [-0.39, 0.29) is 5.78 Å². The molecule has 3 heteroatoms. The molecule has 78 valence electrons. The van der Waals surface area contributed by atoms with Gasteiger partial charge in [0.05, 0.1) is 6.07 Å². The average molecular weight is 227 g/mol. The van der Waals surface area contributed by atoms with Crippen molar-refractivity contribution in [1.29, 1.82) is 5.26 Å². The molecule has 0 bridgehead atoms. The Morgan fingerprint density at radius 2 is 2.00 bits per heavy atom. The van der Waals surface area contributed by atoms with Gasteiger partial charge in [-0.3, -0.25) is 4.79 Å². The fourth-order valence-electron chi connectivity index (χ4n) is 1.50. The molecule has 0 aliphatic rings. The summed E-state index contributed by atoms with van der Waals surface area (Å²) in [5.74, 6) is -0.828. The summed E-state index contributed by atoms with van der Waals surface area (Å²) < 4.78 is 0. The van der Waals surface area contributed by atoms with Gasteiger partial charge in [0.15, 0.2) is 5.78 Å². The smallest absolute Gasteiger partial charge is 0.185 e. The molecule has 0 amide bonds. The van der Waals surface area contributed by atoms with Crippen molar-refractivity contribution in [3.8, 4) is 6.07 Å². The molecule has 1 aromatic heterocycles. The van der Waals surface area contributed by atoms with E-state index in [2.05, 4.69) is 6.07 Å². The normalized spacial score (nSPS) is 11.7. The Balaban J connectivity index is 2.32. The molecule has 0 aliphatic heterocycles. The van der Waals surface area contributed by atoms with Crippen LogP contribution in [0.15, 0.2) is 47.2 Å². The van der Waals surface area contributed by atoms with Gasteiger partial charge in [0.1, 0.15) is 5.92 Å². The maximum atomic E-state index is 12.0. The number of carbonyl (C=O) groups is 1. The average Bonchev–Trinajstić information content (AvgIpc) is 2.85. The Morgan fingerprint density at radius 3 is 2.56 bits per heavy atom. The highest BCUT2D eigenvalue weighted by molar-refractivity contribution is 7.08. The molecule has 1 heterocycles. The Bertz CT molecular complexity index is 511.